The third-order valence-corrected chi connectivity index (χ3v) is 5.76. The van der Waals surface area contributed by atoms with Crippen LogP contribution in [0.1, 0.15) is 77.6 Å². The second kappa shape index (κ2) is 9.58. The Balaban J connectivity index is 1.71. The first kappa shape index (κ1) is 20.2. The van der Waals surface area contributed by atoms with Crippen LogP contribution in [0, 0.1) is 11.8 Å². The van der Waals surface area contributed by atoms with Crippen LogP contribution in [0.25, 0.3) is 0 Å². The molecule has 0 aromatic carbocycles. The lowest BCUT2D eigenvalue weighted by Gasteiger charge is -2.24. The number of carboxylic acid groups (broad SMARTS) is 1. The molecule has 2 saturated carbocycles. The zero-order chi connectivity index (χ0) is 18.3. The number of carbonyl (C=O) groups is 1. The van der Waals surface area contributed by atoms with Gasteiger partial charge in [-0.15, -0.1) is 0 Å². The van der Waals surface area contributed by atoms with Crippen LogP contribution in [0.4, 0.5) is 0 Å². The number of rotatable bonds is 11. The summed E-state index contributed by atoms with van der Waals surface area (Å²) in [4.78, 5) is 10.5. The monoisotopic (exact) mass is 354 g/mol. The van der Waals surface area contributed by atoms with Gasteiger partial charge in [-0.05, 0) is 62.9 Å². The molecule has 0 aromatic heterocycles. The van der Waals surface area contributed by atoms with Gasteiger partial charge in [0.25, 0.3) is 0 Å². The molecule has 0 amide bonds. The van der Waals surface area contributed by atoms with Crippen molar-refractivity contribution in [3.05, 3.63) is 11.8 Å². The maximum Gasteiger partial charge on any atom is 0.303 e. The fourth-order valence-electron chi connectivity index (χ4n) is 4.43. The fourth-order valence-corrected chi connectivity index (χ4v) is 4.43. The highest BCUT2D eigenvalue weighted by atomic mass is 16.5. The molecule has 0 heterocycles. The van der Waals surface area contributed by atoms with Crippen molar-refractivity contribution in [3.8, 4) is 0 Å². The highest BCUT2D eigenvalue weighted by Crippen LogP contribution is 2.51. The van der Waals surface area contributed by atoms with Crippen LogP contribution < -0.4 is 0 Å². The number of aliphatic carboxylic acids is 1. The second-order valence-electron chi connectivity index (χ2n) is 7.86. The Hall–Kier alpha value is -1.07. The van der Waals surface area contributed by atoms with Gasteiger partial charge in [0.05, 0.1) is 6.10 Å². The van der Waals surface area contributed by atoms with Crippen molar-refractivity contribution in [1.29, 1.82) is 0 Å². The number of unbranched alkanes of at least 4 members (excludes halogenated alkanes) is 4. The van der Waals surface area contributed by atoms with Gasteiger partial charge in [-0.2, -0.15) is 0 Å². The van der Waals surface area contributed by atoms with Crippen molar-refractivity contribution in [2.45, 2.75) is 89.3 Å². The summed E-state index contributed by atoms with van der Waals surface area (Å²) in [5, 5.41) is 29.8. The van der Waals surface area contributed by atoms with Crippen LogP contribution >= 0.6 is 0 Å². The van der Waals surface area contributed by atoms with Crippen LogP contribution in [-0.2, 0) is 9.53 Å². The van der Waals surface area contributed by atoms with Crippen LogP contribution in [-0.4, -0.2) is 39.6 Å². The molecule has 144 valence electrons. The van der Waals surface area contributed by atoms with Gasteiger partial charge in [-0.1, -0.05) is 26.2 Å². The number of aliphatic hydroxyl groups excluding tert-OH is 1. The van der Waals surface area contributed by atoms with E-state index >= 15 is 0 Å². The van der Waals surface area contributed by atoms with Gasteiger partial charge in [0.1, 0.15) is 11.4 Å². The lowest BCUT2D eigenvalue weighted by atomic mass is 9.94. The minimum Gasteiger partial charge on any atom is -0.510 e. The van der Waals surface area contributed by atoms with E-state index in [0.717, 1.165) is 25.7 Å². The molecule has 2 rings (SSSR count). The molecule has 2 aliphatic carbocycles. The molecule has 2 aliphatic rings. The van der Waals surface area contributed by atoms with E-state index in [2.05, 4.69) is 6.92 Å². The van der Waals surface area contributed by atoms with E-state index in [1.807, 2.05) is 6.08 Å². The molecule has 0 spiro atoms. The first-order valence-corrected chi connectivity index (χ1v) is 9.90. The van der Waals surface area contributed by atoms with Gasteiger partial charge in [0.15, 0.2) is 0 Å². The lowest BCUT2D eigenvalue weighted by Crippen LogP contribution is -2.29. The summed E-state index contributed by atoms with van der Waals surface area (Å²) < 4.78 is 5.80. The Labute approximate surface area is 151 Å². The molecule has 4 atom stereocenters. The number of carboxylic acids is 1. The first-order chi connectivity index (χ1) is 11.9. The molecule has 5 heteroatoms. The molecule has 0 radical (unpaired) electrons. The van der Waals surface area contributed by atoms with Crippen molar-refractivity contribution >= 4 is 5.97 Å². The van der Waals surface area contributed by atoms with Gasteiger partial charge in [-0.25, -0.2) is 0 Å². The molecule has 25 heavy (non-hydrogen) atoms. The predicted octanol–water partition coefficient (Wildman–Crippen LogP) is 4.20. The number of hydrogen-bond acceptors (Lipinski definition) is 4. The van der Waals surface area contributed by atoms with Crippen molar-refractivity contribution in [2.24, 2.45) is 11.8 Å². The van der Waals surface area contributed by atoms with Crippen LogP contribution in [0.5, 0.6) is 0 Å². The van der Waals surface area contributed by atoms with Crippen molar-refractivity contribution in [2.75, 3.05) is 6.61 Å². The maximum absolute atomic E-state index is 10.8. The molecule has 3 N–H and O–H groups in total. The third kappa shape index (κ3) is 6.00. The summed E-state index contributed by atoms with van der Waals surface area (Å²) >= 11 is 0. The van der Waals surface area contributed by atoms with E-state index in [4.69, 9.17) is 9.84 Å². The SMILES string of the molecule is CCCCCC/C=C(/O)C1(O)C[C@H]2CC(OCCCC(=O)O)C[C@H]2C1. The minimum atomic E-state index is -1.05. The van der Waals surface area contributed by atoms with Gasteiger partial charge >= 0.3 is 5.97 Å². The van der Waals surface area contributed by atoms with E-state index in [1.54, 1.807) is 0 Å². The minimum absolute atomic E-state index is 0.149. The highest BCUT2D eigenvalue weighted by Gasteiger charge is 2.50. The summed E-state index contributed by atoms with van der Waals surface area (Å²) in [6, 6.07) is 0. The first-order valence-electron chi connectivity index (χ1n) is 9.90. The number of allylic oxidation sites excluding steroid dienone is 1. The molecule has 0 bridgehead atoms. The zero-order valence-electron chi connectivity index (χ0n) is 15.5. The Morgan fingerprint density at radius 1 is 1.12 bits per heavy atom. The molecule has 0 aromatic rings. The van der Waals surface area contributed by atoms with E-state index < -0.39 is 11.6 Å². The maximum atomic E-state index is 10.8. The Morgan fingerprint density at radius 2 is 1.80 bits per heavy atom. The van der Waals surface area contributed by atoms with Gasteiger partial charge in [0, 0.05) is 13.0 Å². The molecular weight excluding hydrogens is 320 g/mol. The molecule has 0 aliphatic heterocycles. The van der Waals surface area contributed by atoms with E-state index in [-0.39, 0.29) is 18.3 Å². The largest absolute Gasteiger partial charge is 0.510 e. The lowest BCUT2D eigenvalue weighted by molar-refractivity contribution is -0.137. The average molecular weight is 354 g/mol. The average Bonchev–Trinajstić information content (AvgIpc) is 3.06. The highest BCUT2D eigenvalue weighted by molar-refractivity contribution is 5.66. The third-order valence-electron chi connectivity index (χ3n) is 5.76. The Morgan fingerprint density at radius 3 is 2.40 bits per heavy atom. The molecule has 2 fully saturated rings. The summed E-state index contributed by atoms with van der Waals surface area (Å²) in [5.74, 6) is 0.168. The summed E-state index contributed by atoms with van der Waals surface area (Å²) in [6.45, 7) is 2.67. The zero-order valence-corrected chi connectivity index (χ0v) is 15.5. The topological polar surface area (TPSA) is 87.0 Å². The van der Waals surface area contributed by atoms with Gasteiger partial charge < -0.3 is 20.1 Å². The Kier molecular flexibility index (Phi) is 7.76. The van der Waals surface area contributed by atoms with Gasteiger partial charge in [-0.3, -0.25) is 4.79 Å². The van der Waals surface area contributed by atoms with E-state index in [0.29, 0.717) is 37.7 Å². The van der Waals surface area contributed by atoms with E-state index in [9.17, 15) is 15.0 Å². The standard InChI is InChI=1S/C20H34O5/c1-2-3-4-5-6-8-18(21)20(24)13-15-11-17(12-16(15)14-20)25-10-7-9-19(22)23/h8,15-17,21,24H,2-7,9-14H2,1H3,(H,22,23)/b18-8+/t15-,16+,17?,20?. The smallest absolute Gasteiger partial charge is 0.303 e. The van der Waals surface area contributed by atoms with Crippen LogP contribution in [0.3, 0.4) is 0 Å². The molecule has 0 saturated heterocycles. The Bertz CT molecular complexity index is 445. The molecule has 5 nitrogen and oxygen atoms in total. The van der Waals surface area contributed by atoms with E-state index in [1.165, 1.54) is 19.3 Å². The van der Waals surface area contributed by atoms with Crippen molar-refractivity contribution < 1.29 is 24.9 Å². The number of aliphatic hydroxyl groups is 2. The second-order valence-corrected chi connectivity index (χ2v) is 7.86. The number of fused-ring (bicyclic) bond motifs is 1. The summed E-state index contributed by atoms with van der Waals surface area (Å²) in [5.41, 5.74) is -1.05. The van der Waals surface area contributed by atoms with Crippen molar-refractivity contribution in [3.63, 3.8) is 0 Å². The van der Waals surface area contributed by atoms with Crippen LogP contribution in [0.15, 0.2) is 11.8 Å². The number of ether oxygens (including phenoxy) is 1. The van der Waals surface area contributed by atoms with Gasteiger partial charge in [0.2, 0.25) is 0 Å². The fraction of sp³-hybridized carbons (Fsp3) is 0.850. The van der Waals surface area contributed by atoms with Crippen molar-refractivity contribution in [1.82, 2.24) is 0 Å². The quantitative estimate of drug-likeness (QED) is 0.382. The molecular formula is C20H34O5. The summed E-state index contributed by atoms with van der Waals surface area (Å²) in [6.07, 6.45) is 11.2. The van der Waals surface area contributed by atoms with Crippen LogP contribution in [0.2, 0.25) is 0 Å². The summed E-state index contributed by atoms with van der Waals surface area (Å²) in [7, 11) is 0. The number of hydrogen-bond donors (Lipinski definition) is 3. The predicted molar refractivity (Wildman–Crippen MR) is 96.5 cm³/mol. The normalized spacial score (nSPS) is 32.1. The molecule has 2 unspecified atom stereocenters.